The van der Waals surface area contributed by atoms with Crippen LogP contribution in [0.1, 0.15) is 45.1 Å². The molecule has 2 aliphatic heterocycles. The Morgan fingerprint density at radius 1 is 0.857 bits per heavy atom. The Bertz CT molecular complexity index is 1710. The molecule has 0 saturated heterocycles. The molecule has 212 valence electrons. The fraction of sp³-hybridized carbons (Fsp3) is 0.182. The number of Topliss-reactive ketones (excluding diaryl/α,β-unsaturated/α-hetero) is 1. The lowest BCUT2D eigenvalue weighted by Gasteiger charge is -2.27. The zero-order valence-corrected chi connectivity index (χ0v) is 23.2. The summed E-state index contributed by atoms with van der Waals surface area (Å²) in [4.78, 5) is 30.6. The Morgan fingerprint density at radius 3 is 2.38 bits per heavy atom. The highest BCUT2D eigenvalue weighted by molar-refractivity contribution is 6.15. The van der Waals surface area contributed by atoms with Crippen molar-refractivity contribution in [3.05, 3.63) is 107 Å². The number of hydrogen-bond acceptors (Lipinski definition) is 9. The van der Waals surface area contributed by atoms with Crippen molar-refractivity contribution in [2.24, 2.45) is 0 Å². The van der Waals surface area contributed by atoms with Gasteiger partial charge in [-0.2, -0.15) is 0 Å². The lowest BCUT2D eigenvalue weighted by Crippen LogP contribution is -2.22. The van der Waals surface area contributed by atoms with Crippen LogP contribution in [0.3, 0.4) is 0 Å². The van der Waals surface area contributed by atoms with E-state index in [1.54, 1.807) is 36.5 Å². The van der Waals surface area contributed by atoms with Crippen LogP contribution in [0.25, 0.3) is 6.08 Å². The topological polar surface area (TPSA) is 102 Å². The molecule has 0 radical (unpaired) electrons. The summed E-state index contributed by atoms with van der Waals surface area (Å²) in [5, 5.41) is 0. The van der Waals surface area contributed by atoms with Crippen molar-refractivity contribution in [3.8, 4) is 34.5 Å². The normalized spacial score (nSPS) is 16.3. The Balaban J connectivity index is 1.40. The number of methoxy groups -OCH3 is 3. The molecule has 4 aromatic rings. The summed E-state index contributed by atoms with van der Waals surface area (Å²) >= 11 is 0. The van der Waals surface area contributed by atoms with Crippen LogP contribution in [0.4, 0.5) is 0 Å². The average Bonchev–Trinajstić information content (AvgIpc) is 3.34. The first kappa shape index (κ1) is 26.9. The van der Waals surface area contributed by atoms with E-state index in [0.29, 0.717) is 51.2 Å². The van der Waals surface area contributed by atoms with Crippen molar-refractivity contribution in [1.82, 2.24) is 4.98 Å². The molecule has 0 aliphatic carbocycles. The van der Waals surface area contributed by atoms with E-state index in [2.05, 4.69) is 4.98 Å². The molecule has 0 amide bonds. The number of carbonyl (C=O) groups excluding carboxylic acids is 2. The Kier molecular flexibility index (Phi) is 7.23. The molecule has 42 heavy (non-hydrogen) atoms. The third kappa shape index (κ3) is 4.89. The van der Waals surface area contributed by atoms with Crippen LogP contribution in [0, 0.1) is 0 Å². The van der Waals surface area contributed by atoms with E-state index in [0.717, 1.165) is 11.3 Å². The van der Waals surface area contributed by atoms with Gasteiger partial charge in [-0.3, -0.25) is 14.6 Å². The molecule has 0 saturated carbocycles. The number of pyridine rings is 1. The highest BCUT2D eigenvalue weighted by Gasteiger charge is 2.39. The summed E-state index contributed by atoms with van der Waals surface area (Å²) in [6.45, 7) is 0.254. The van der Waals surface area contributed by atoms with Crippen LogP contribution in [0.15, 0.2) is 78.7 Å². The number of para-hydroxylation sites is 1. The zero-order valence-electron chi connectivity index (χ0n) is 23.2. The smallest absolute Gasteiger partial charge is 0.312 e. The van der Waals surface area contributed by atoms with Gasteiger partial charge in [0.1, 0.15) is 29.6 Å². The maximum Gasteiger partial charge on any atom is 0.312 e. The lowest BCUT2D eigenvalue weighted by molar-refractivity contribution is -0.135. The second-order valence-corrected chi connectivity index (χ2v) is 9.62. The van der Waals surface area contributed by atoms with Crippen molar-refractivity contribution >= 4 is 17.8 Å². The molecular formula is C33H27NO8. The number of esters is 1. The van der Waals surface area contributed by atoms with Gasteiger partial charge in [0, 0.05) is 34.9 Å². The Morgan fingerprint density at radius 2 is 1.62 bits per heavy atom. The Labute approximate surface area is 242 Å². The quantitative estimate of drug-likeness (QED) is 0.150. The number of nitrogens with zero attached hydrogens (tertiary/aromatic N) is 1. The van der Waals surface area contributed by atoms with Crippen LogP contribution in [0.5, 0.6) is 34.5 Å². The number of aromatic nitrogens is 1. The molecule has 6 rings (SSSR count). The summed E-state index contributed by atoms with van der Waals surface area (Å²) < 4.78 is 34.4. The van der Waals surface area contributed by atoms with Gasteiger partial charge < -0.3 is 28.4 Å². The summed E-state index contributed by atoms with van der Waals surface area (Å²) in [5.41, 5.74) is 3.09. The summed E-state index contributed by atoms with van der Waals surface area (Å²) in [5.74, 6) is 1.65. The molecule has 0 unspecified atom stereocenters. The van der Waals surface area contributed by atoms with Crippen LogP contribution < -0.4 is 28.4 Å². The van der Waals surface area contributed by atoms with Gasteiger partial charge in [-0.15, -0.1) is 0 Å². The summed E-state index contributed by atoms with van der Waals surface area (Å²) in [6.07, 6.45) is 3.36. The minimum absolute atomic E-state index is 0.0491. The minimum atomic E-state index is -0.473. The molecule has 1 aromatic heterocycles. The van der Waals surface area contributed by atoms with E-state index >= 15 is 0 Å². The second-order valence-electron chi connectivity index (χ2n) is 9.62. The first-order valence-electron chi connectivity index (χ1n) is 13.2. The average molecular weight is 566 g/mol. The number of benzene rings is 3. The lowest BCUT2D eigenvalue weighted by atomic mass is 9.84. The fourth-order valence-electron chi connectivity index (χ4n) is 5.21. The molecule has 0 spiro atoms. The molecule has 3 heterocycles. The molecule has 9 nitrogen and oxygen atoms in total. The molecule has 9 heteroatoms. The van der Waals surface area contributed by atoms with E-state index in [1.165, 1.54) is 21.3 Å². The summed E-state index contributed by atoms with van der Waals surface area (Å²) in [6, 6.07) is 19.8. The van der Waals surface area contributed by atoms with Gasteiger partial charge >= 0.3 is 5.97 Å². The largest absolute Gasteiger partial charge is 0.496 e. The van der Waals surface area contributed by atoms with Gasteiger partial charge in [0.2, 0.25) is 5.78 Å². The van der Waals surface area contributed by atoms with E-state index in [9.17, 15) is 9.59 Å². The van der Waals surface area contributed by atoms with Crippen molar-refractivity contribution in [1.29, 1.82) is 0 Å². The third-order valence-electron chi connectivity index (χ3n) is 7.20. The molecule has 0 N–H and O–H groups in total. The highest BCUT2D eigenvalue weighted by Crippen LogP contribution is 2.50. The molecule has 0 bridgehead atoms. The number of ether oxygens (including phenoxy) is 6. The number of fused-ring (bicyclic) bond motifs is 3. The molecule has 0 fully saturated rings. The number of allylic oxidation sites excluding steroid dienone is 1. The first-order chi connectivity index (χ1) is 20.5. The zero-order chi connectivity index (χ0) is 29.2. The second kappa shape index (κ2) is 11.3. The van der Waals surface area contributed by atoms with Gasteiger partial charge in [0.05, 0.1) is 39.0 Å². The van der Waals surface area contributed by atoms with Crippen molar-refractivity contribution in [3.63, 3.8) is 0 Å². The maximum atomic E-state index is 13.6. The van der Waals surface area contributed by atoms with Crippen LogP contribution in [0.2, 0.25) is 0 Å². The number of hydrogen-bond donors (Lipinski definition) is 0. The van der Waals surface area contributed by atoms with Crippen molar-refractivity contribution in [2.75, 3.05) is 21.3 Å². The van der Waals surface area contributed by atoms with Crippen LogP contribution in [-0.2, 0) is 11.4 Å². The van der Waals surface area contributed by atoms with Crippen LogP contribution >= 0.6 is 0 Å². The van der Waals surface area contributed by atoms with E-state index in [4.69, 9.17) is 28.4 Å². The fourth-order valence-corrected chi connectivity index (χ4v) is 5.21. The van der Waals surface area contributed by atoms with Gasteiger partial charge in [0.15, 0.2) is 17.3 Å². The van der Waals surface area contributed by atoms with E-state index in [-0.39, 0.29) is 30.5 Å². The van der Waals surface area contributed by atoms with Gasteiger partial charge in [-0.1, -0.05) is 24.3 Å². The SMILES string of the molecule is COc1cc(OC)c(OC)cc1/C=C1\Oc2c(ccc3c2[C@@H](c2ccccc2OCc2ccccn2)CC(=O)O3)C1=O. The predicted molar refractivity (Wildman–Crippen MR) is 153 cm³/mol. The Hall–Kier alpha value is -5.31. The standard InChI is InChI=1S/C33H27NO8/c1-37-26-17-28(39-3)27(38-2)14-19(26)15-29-32(36)22-11-12-25-31(33(22)42-29)23(16-30(35)41-25)21-9-4-5-10-24(21)40-18-20-8-6-7-13-34-20/h4-15,17,23H,16,18H2,1-3H3/b29-15-/t23-/m1/s1. The number of carbonyl (C=O) groups is 2. The maximum absolute atomic E-state index is 13.6. The molecule has 1 atom stereocenters. The van der Waals surface area contributed by atoms with Crippen molar-refractivity contribution < 1.29 is 38.0 Å². The van der Waals surface area contributed by atoms with Crippen molar-refractivity contribution in [2.45, 2.75) is 18.9 Å². The van der Waals surface area contributed by atoms with Gasteiger partial charge in [-0.25, -0.2) is 0 Å². The third-order valence-corrected chi connectivity index (χ3v) is 7.20. The van der Waals surface area contributed by atoms with Gasteiger partial charge in [-0.05, 0) is 42.5 Å². The number of ketones is 1. The molecule has 2 aliphatic rings. The first-order valence-corrected chi connectivity index (χ1v) is 13.2. The summed E-state index contributed by atoms with van der Waals surface area (Å²) in [7, 11) is 4.59. The predicted octanol–water partition coefficient (Wildman–Crippen LogP) is 5.74. The minimum Gasteiger partial charge on any atom is -0.496 e. The highest BCUT2D eigenvalue weighted by atomic mass is 16.5. The van der Waals surface area contributed by atoms with Gasteiger partial charge in [0.25, 0.3) is 0 Å². The molecular weight excluding hydrogens is 538 g/mol. The number of rotatable bonds is 8. The van der Waals surface area contributed by atoms with Crippen LogP contribution in [-0.4, -0.2) is 38.1 Å². The molecule has 3 aromatic carbocycles. The monoisotopic (exact) mass is 565 g/mol. The van der Waals surface area contributed by atoms with E-state index in [1.807, 2.05) is 42.5 Å². The van der Waals surface area contributed by atoms with E-state index < -0.39 is 5.92 Å².